The number of carboxylic acid groups (broad SMARTS) is 1. The van der Waals surface area contributed by atoms with Crippen LogP contribution in [-0.2, 0) is 22.4 Å². The Morgan fingerprint density at radius 3 is 2.71 bits per heavy atom. The summed E-state index contributed by atoms with van der Waals surface area (Å²) in [6.07, 6.45) is 1.36. The van der Waals surface area contributed by atoms with Crippen LogP contribution in [0.4, 0.5) is 0 Å². The van der Waals surface area contributed by atoms with Crippen molar-refractivity contribution in [3.05, 3.63) is 29.3 Å². The van der Waals surface area contributed by atoms with Crippen LogP contribution in [0, 0.1) is 5.92 Å². The number of benzene rings is 1. The van der Waals surface area contributed by atoms with E-state index in [2.05, 4.69) is 0 Å². The Morgan fingerprint density at radius 2 is 2.18 bits per heavy atom. The number of rotatable bonds is 6. The quantitative estimate of drug-likeness (QED) is 0.763. The molecule has 1 rings (SSSR count). The molecule has 0 amide bonds. The van der Waals surface area contributed by atoms with E-state index < -0.39 is 5.97 Å². The smallest absolute Gasteiger partial charge is 0.307 e. The summed E-state index contributed by atoms with van der Waals surface area (Å²) < 4.78 is 5.06. The molecular formula is C13H16O4. The van der Waals surface area contributed by atoms with Crippen molar-refractivity contribution in [2.75, 3.05) is 7.11 Å². The Morgan fingerprint density at radius 1 is 1.47 bits per heavy atom. The molecule has 0 heterocycles. The van der Waals surface area contributed by atoms with Crippen LogP contribution in [-0.4, -0.2) is 24.5 Å². The van der Waals surface area contributed by atoms with Crippen molar-refractivity contribution >= 4 is 12.3 Å². The first kappa shape index (κ1) is 13.2. The second kappa shape index (κ2) is 6.03. The van der Waals surface area contributed by atoms with Gasteiger partial charge in [-0.25, -0.2) is 0 Å². The van der Waals surface area contributed by atoms with Crippen LogP contribution in [0.5, 0.6) is 5.75 Å². The Kier molecular flexibility index (Phi) is 4.69. The summed E-state index contributed by atoms with van der Waals surface area (Å²) >= 11 is 0. The van der Waals surface area contributed by atoms with Gasteiger partial charge in [0.2, 0.25) is 0 Å². The van der Waals surface area contributed by atoms with E-state index in [0.29, 0.717) is 17.7 Å². The summed E-state index contributed by atoms with van der Waals surface area (Å²) in [4.78, 5) is 21.4. The number of hydrogen-bond acceptors (Lipinski definition) is 3. The number of hydrogen-bond donors (Lipinski definition) is 1. The minimum absolute atomic E-state index is 0.0574. The van der Waals surface area contributed by atoms with Gasteiger partial charge in [-0.05, 0) is 29.7 Å². The van der Waals surface area contributed by atoms with Gasteiger partial charge in [-0.1, -0.05) is 13.0 Å². The third-order valence-corrected chi connectivity index (χ3v) is 2.53. The lowest BCUT2D eigenvalue weighted by Gasteiger charge is -2.11. The van der Waals surface area contributed by atoms with Crippen LogP contribution >= 0.6 is 0 Å². The monoisotopic (exact) mass is 236 g/mol. The predicted molar refractivity (Wildman–Crippen MR) is 63.3 cm³/mol. The lowest BCUT2D eigenvalue weighted by atomic mass is 9.96. The van der Waals surface area contributed by atoms with Crippen LogP contribution < -0.4 is 4.74 Å². The predicted octanol–water partition coefficient (Wildman–Crippen LogP) is 1.70. The SMILES string of the molecule is COc1ccc(CC(C)C=O)c(CC(=O)O)c1. The van der Waals surface area contributed by atoms with Gasteiger partial charge in [0.1, 0.15) is 12.0 Å². The minimum Gasteiger partial charge on any atom is -0.497 e. The first-order chi connectivity index (χ1) is 8.06. The fourth-order valence-corrected chi connectivity index (χ4v) is 1.65. The molecule has 0 radical (unpaired) electrons. The Hall–Kier alpha value is -1.84. The van der Waals surface area contributed by atoms with Crippen LogP contribution in [0.1, 0.15) is 18.1 Å². The molecule has 1 aromatic carbocycles. The molecular weight excluding hydrogens is 220 g/mol. The normalized spacial score (nSPS) is 11.9. The molecule has 0 saturated heterocycles. The van der Waals surface area contributed by atoms with Crippen molar-refractivity contribution in [1.29, 1.82) is 0 Å². The average Bonchev–Trinajstić information content (AvgIpc) is 2.30. The van der Waals surface area contributed by atoms with Gasteiger partial charge in [-0.2, -0.15) is 0 Å². The van der Waals surface area contributed by atoms with Gasteiger partial charge >= 0.3 is 5.97 Å². The molecule has 92 valence electrons. The second-order valence-corrected chi connectivity index (χ2v) is 4.02. The number of carboxylic acids is 1. The summed E-state index contributed by atoms with van der Waals surface area (Å²) in [6, 6.07) is 5.30. The Bertz CT molecular complexity index is 412. The van der Waals surface area contributed by atoms with Gasteiger partial charge in [-0.3, -0.25) is 4.79 Å². The number of carbonyl (C=O) groups is 2. The van der Waals surface area contributed by atoms with Gasteiger partial charge in [0.15, 0.2) is 0 Å². The molecule has 1 N–H and O–H groups in total. The van der Waals surface area contributed by atoms with E-state index in [1.54, 1.807) is 12.1 Å². The zero-order valence-electron chi connectivity index (χ0n) is 9.97. The molecule has 4 nitrogen and oxygen atoms in total. The molecule has 0 aliphatic heterocycles. The molecule has 0 spiro atoms. The Balaban J connectivity index is 3.01. The number of ether oxygens (including phenoxy) is 1. The fourth-order valence-electron chi connectivity index (χ4n) is 1.65. The van der Waals surface area contributed by atoms with E-state index in [9.17, 15) is 9.59 Å². The average molecular weight is 236 g/mol. The van der Waals surface area contributed by atoms with Crippen molar-refractivity contribution in [3.63, 3.8) is 0 Å². The Labute approximate surface area is 100 Å². The van der Waals surface area contributed by atoms with Gasteiger partial charge in [0, 0.05) is 5.92 Å². The van der Waals surface area contributed by atoms with E-state index >= 15 is 0 Å². The van der Waals surface area contributed by atoms with Crippen molar-refractivity contribution in [2.24, 2.45) is 5.92 Å². The van der Waals surface area contributed by atoms with E-state index in [-0.39, 0.29) is 12.3 Å². The van der Waals surface area contributed by atoms with E-state index in [0.717, 1.165) is 11.8 Å². The van der Waals surface area contributed by atoms with Crippen LogP contribution in [0.25, 0.3) is 0 Å². The highest BCUT2D eigenvalue weighted by Crippen LogP contribution is 2.20. The zero-order chi connectivity index (χ0) is 12.8. The number of aliphatic carboxylic acids is 1. The molecule has 0 aliphatic rings. The van der Waals surface area contributed by atoms with Gasteiger partial charge in [0.25, 0.3) is 0 Å². The molecule has 0 aromatic heterocycles. The topological polar surface area (TPSA) is 63.6 Å². The zero-order valence-corrected chi connectivity index (χ0v) is 9.97. The van der Waals surface area contributed by atoms with Crippen molar-refractivity contribution < 1.29 is 19.4 Å². The summed E-state index contributed by atoms with van der Waals surface area (Å²) in [5, 5.41) is 8.84. The van der Waals surface area contributed by atoms with Crippen molar-refractivity contribution in [1.82, 2.24) is 0 Å². The molecule has 1 atom stereocenters. The van der Waals surface area contributed by atoms with Gasteiger partial charge in [0.05, 0.1) is 13.5 Å². The third-order valence-electron chi connectivity index (χ3n) is 2.53. The van der Waals surface area contributed by atoms with Gasteiger partial charge in [-0.15, -0.1) is 0 Å². The van der Waals surface area contributed by atoms with Crippen molar-refractivity contribution in [2.45, 2.75) is 19.8 Å². The molecule has 1 unspecified atom stereocenters. The summed E-state index contributed by atoms with van der Waals surface area (Å²) in [5.41, 5.74) is 1.58. The maximum Gasteiger partial charge on any atom is 0.307 e. The standard InChI is InChI=1S/C13H16O4/c1-9(8-14)5-10-3-4-12(17-2)6-11(10)7-13(15)16/h3-4,6,8-9H,5,7H2,1-2H3,(H,15,16). The van der Waals surface area contributed by atoms with E-state index in [1.807, 2.05) is 13.0 Å². The first-order valence-electron chi connectivity index (χ1n) is 5.39. The highest BCUT2D eigenvalue weighted by molar-refractivity contribution is 5.71. The summed E-state index contributed by atoms with van der Waals surface area (Å²) in [7, 11) is 1.54. The molecule has 1 aromatic rings. The number of carbonyl (C=O) groups excluding carboxylic acids is 1. The van der Waals surface area contributed by atoms with Crippen LogP contribution in [0.3, 0.4) is 0 Å². The molecule has 0 bridgehead atoms. The summed E-state index contributed by atoms with van der Waals surface area (Å²) in [5.74, 6) is -0.377. The molecule has 0 fully saturated rings. The molecule has 0 saturated carbocycles. The first-order valence-corrected chi connectivity index (χ1v) is 5.39. The molecule has 0 aliphatic carbocycles. The fraction of sp³-hybridized carbons (Fsp3) is 0.385. The lowest BCUT2D eigenvalue weighted by molar-refractivity contribution is -0.136. The number of aldehydes is 1. The van der Waals surface area contributed by atoms with Crippen LogP contribution in [0.15, 0.2) is 18.2 Å². The lowest BCUT2D eigenvalue weighted by Crippen LogP contribution is -2.08. The third kappa shape index (κ3) is 3.90. The minimum atomic E-state index is -0.891. The highest BCUT2D eigenvalue weighted by atomic mass is 16.5. The second-order valence-electron chi connectivity index (χ2n) is 4.02. The van der Waals surface area contributed by atoms with Gasteiger partial charge < -0.3 is 14.6 Å². The van der Waals surface area contributed by atoms with E-state index in [4.69, 9.17) is 9.84 Å². The number of methoxy groups -OCH3 is 1. The summed E-state index contributed by atoms with van der Waals surface area (Å²) in [6.45, 7) is 1.81. The molecule has 17 heavy (non-hydrogen) atoms. The maximum absolute atomic E-state index is 10.8. The van der Waals surface area contributed by atoms with E-state index in [1.165, 1.54) is 7.11 Å². The highest BCUT2D eigenvalue weighted by Gasteiger charge is 2.11. The maximum atomic E-state index is 10.8. The molecule has 4 heteroatoms. The van der Waals surface area contributed by atoms with Crippen LogP contribution in [0.2, 0.25) is 0 Å². The van der Waals surface area contributed by atoms with Crippen molar-refractivity contribution in [3.8, 4) is 5.75 Å². The largest absolute Gasteiger partial charge is 0.497 e.